The van der Waals surface area contributed by atoms with E-state index < -0.39 is 28.6 Å². The molecule has 0 amide bonds. The van der Waals surface area contributed by atoms with Crippen molar-refractivity contribution in [2.45, 2.75) is 19.5 Å². The van der Waals surface area contributed by atoms with E-state index in [9.17, 15) is 19.5 Å². The molecule has 10 heteroatoms. The molecule has 0 bridgehead atoms. The summed E-state index contributed by atoms with van der Waals surface area (Å²) in [5, 5.41) is 11.5. The third-order valence-electron chi connectivity index (χ3n) is 7.06. The van der Waals surface area contributed by atoms with Crippen molar-refractivity contribution in [3.63, 3.8) is 0 Å². The molecule has 1 N–H and O–H groups in total. The molecule has 0 radical (unpaired) electrons. The molecule has 202 valence electrons. The summed E-state index contributed by atoms with van der Waals surface area (Å²) in [4.78, 5) is 40.4. The number of hydrogen-bond acceptors (Lipinski definition) is 7. The van der Waals surface area contributed by atoms with Crippen molar-refractivity contribution in [1.82, 2.24) is 13.9 Å². The monoisotopic (exact) mass is 539 g/mol. The molecule has 1 atom stereocenters. The molecule has 2 aromatic heterocycles. The van der Waals surface area contributed by atoms with Gasteiger partial charge in [-0.2, -0.15) is 0 Å². The van der Waals surface area contributed by atoms with Gasteiger partial charge < -0.3 is 19.0 Å². The van der Waals surface area contributed by atoms with Crippen LogP contribution in [-0.4, -0.2) is 33.3 Å². The fraction of sp³-hybridized carbons (Fsp3) is 0.167. The van der Waals surface area contributed by atoms with Crippen LogP contribution in [0.15, 0.2) is 97.2 Å². The van der Waals surface area contributed by atoms with Crippen LogP contribution in [0.1, 0.15) is 18.5 Å². The number of phenolic OH excluding ortho intramolecular Hbond substituents is 1. The first kappa shape index (κ1) is 25.1. The van der Waals surface area contributed by atoms with Gasteiger partial charge in [-0.1, -0.05) is 29.8 Å². The van der Waals surface area contributed by atoms with E-state index in [2.05, 4.69) is 0 Å². The Morgan fingerprint density at radius 2 is 1.65 bits per heavy atom. The number of allylic oxidation sites excluding steroid dienone is 2. The second kappa shape index (κ2) is 9.49. The maximum absolute atomic E-state index is 13.7. The van der Waals surface area contributed by atoms with Gasteiger partial charge in [0, 0.05) is 17.7 Å². The van der Waals surface area contributed by atoms with Crippen molar-refractivity contribution in [1.29, 1.82) is 0 Å². The van der Waals surface area contributed by atoms with E-state index >= 15 is 0 Å². The quantitative estimate of drug-likeness (QED) is 0.337. The molecule has 1 unspecified atom stereocenters. The smallest absolute Gasteiger partial charge is 0.352 e. The van der Waals surface area contributed by atoms with E-state index in [0.29, 0.717) is 22.8 Å². The first-order chi connectivity index (χ1) is 19.3. The standard InChI is InChI=1S/C30H25N3O7/c1-17-13-21(33-30(37)32(29(36)31(33)16-17)19-7-5-4-6-8-19)26-24(39-3)15-25-27(28(26)35)22(34)14-23(40-25)18-9-11-20(38-2)12-10-18/h4-15,21,35H,16H2,1-3H3. The minimum Gasteiger partial charge on any atom is -0.507 e. The van der Waals surface area contributed by atoms with Gasteiger partial charge in [0.1, 0.15) is 40.0 Å². The van der Waals surface area contributed by atoms with Crippen LogP contribution >= 0.6 is 0 Å². The van der Waals surface area contributed by atoms with Crippen molar-refractivity contribution in [3.05, 3.63) is 115 Å². The predicted molar refractivity (Wildman–Crippen MR) is 149 cm³/mol. The number of hydrogen-bond donors (Lipinski definition) is 1. The summed E-state index contributed by atoms with van der Waals surface area (Å²) in [6.45, 7) is 2.02. The van der Waals surface area contributed by atoms with Crippen LogP contribution in [0.2, 0.25) is 0 Å². The molecule has 0 saturated carbocycles. The van der Waals surface area contributed by atoms with Crippen molar-refractivity contribution in [3.8, 4) is 34.3 Å². The highest BCUT2D eigenvalue weighted by Crippen LogP contribution is 2.42. The van der Waals surface area contributed by atoms with E-state index in [1.165, 1.54) is 28.6 Å². The Morgan fingerprint density at radius 3 is 2.33 bits per heavy atom. The molecule has 0 aliphatic carbocycles. The summed E-state index contributed by atoms with van der Waals surface area (Å²) in [6, 6.07) is 17.5. The lowest BCUT2D eigenvalue weighted by molar-refractivity contribution is 0.371. The lowest BCUT2D eigenvalue weighted by atomic mass is 9.98. The maximum atomic E-state index is 13.7. The molecule has 3 heterocycles. The van der Waals surface area contributed by atoms with Gasteiger partial charge in [0.2, 0.25) is 0 Å². The molecule has 0 saturated heterocycles. The SMILES string of the molecule is COc1ccc(-c2cc(=O)c3c(O)c(C4C=C(C)Cn5c(=O)n(-c6ccccc6)c(=O)n54)c(OC)cc3o2)cc1. The number of methoxy groups -OCH3 is 2. The van der Waals surface area contributed by atoms with Gasteiger partial charge in [0.05, 0.1) is 32.0 Å². The summed E-state index contributed by atoms with van der Waals surface area (Å²) in [5.74, 6) is 0.752. The van der Waals surface area contributed by atoms with Crippen LogP contribution in [0, 0.1) is 0 Å². The molecule has 10 nitrogen and oxygen atoms in total. The molecule has 0 spiro atoms. The highest BCUT2D eigenvalue weighted by atomic mass is 16.5. The number of aromatic hydroxyl groups is 1. The molecule has 1 aliphatic rings. The van der Waals surface area contributed by atoms with Gasteiger partial charge >= 0.3 is 11.4 Å². The lowest BCUT2D eigenvalue weighted by Gasteiger charge is -2.26. The number of ether oxygens (including phenoxy) is 2. The minimum atomic E-state index is -0.932. The zero-order valence-corrected chi connectivity index (χ0v) is 22.0. The van der Waals surface area contributed by atoms with Gasteiger partial charge in [-0.25, -0.2) is 23.5 Å². The van der Waals surface area contributed by atoms with Crippen LogP contribution in [0.5, 0.6) is 17.2 Å². The Balaban J connectivity index is 1.57. The first-order valence-corrected chi connectivity index (χ1v) is 12.5. The van der Waals surface area contributed by atoms with Crippen LogP contribution in [0.25, 0.3) is 28.0 Å². The molecule has 6 rings (SSSR count). The average Bonchev–Trinajstić information content (AvgIpc) is 3.21. The third kappa shape index (κ3) is 3.84. The van der Waals surface area contributed by atoms with Crippen LogP contribution in [-0.2, 0) is 6.54 Å². The Morgan fingerprint density at radius 1 is 0.925 bits per heavy atom. The normalized spacial score (nSPS) is 14.6. The number of phenols is 1. The topological polar surface area (TPSA) is 118 Å². The fourth-order valence-electron chi connectivity index (χ4n) is 5.19. The summed E-state index contributed by atoms with van der Waals surface area (Å²) < 4.78 is 20.6. The fourth-order valence-corrected chi connectivity index (χ4v) is 5.19. The van der Waals surface area contributed by atoms with E-state index in [1.807, 2.05) is 6.92 Å². The number of benzene rings is 3. The summed E-state index contributed by atoms with van der Waals surface area (Å²) in [5.41, 5.74) is 0.553. The van der Waals surface area contributed by atoms with E-state index in [1.54, 1.807) is 67.8 Å². The molecule has 1 aliphatic heterocycles. The van der Waals surface area contributed by atoms with E-state index in [-0.39, 0.29) is 28.8 Å². The van der Waals surface area contributed by atoms with Gasteiger partial charge in [-0.3, -0.25) is 4.79 Å². The minimum absolute atomic E-state index is 0.0610. The zero-order valence-electron chi connectivity index (χ0n) is 22.0. The first-order valence-electron chi connectivity index (χ1n) is 12.5. The van der Waals surface area contributed by atoms with E-state index in [4.69, 9.17) is 13.9 Å². The number of aromatic nitrogens is 3. The average molecular weight is 540 g/mol. The second-order valence-corrected chi connectivity index (χ2v) is 9.51. The lowest BCUT2D eigenvalue weighted by Crippen LogP contribution is -2.34. The Labute approximate surface area is 227 Å². The number of nitrogens with zero attached hydrogens (tertiary/aromatic N) is 3. The molecule has 0 fully saturated rings. The Hall–Kier alpha value is -5.25. The Bertz CT molecular complexity index is 1980. The highest BCUT2D eigenvalue weighted by molar-refractivity contribution is 5.88. The highest BCUT2D eigenvalue weighted by Gasteiger charge is 2.32. The van der Waals surface area contributed by atoms with Gasteiger partial charge in [0.15, 0.2) is 5.43 Å². The largest absolute Gasteiger partial charge is 0.507 e. The molecule has 5 aromatic rings. The van der Waals surface area contributed by atoms with Gasteiger partial charge in [-0.05, 0) is 43.3 Å². The van der Waals surface area contributed by atoms with Crippen molar-refractivity contribution in [2.75, 3.05) is 14.2 Å². The predicted octanol–water partition coefficient (Wildman–Crippen LogP) is 3.85. The van der Waals surface area contributed by atoms with Gasteiger partial charge in [0.25, 0.3) is 0 Å². The van der Waals surface area contributed by atoms with Crippen LogP contribution in [0.3, 0.4) is 0 Å². The molecular weight excluding hydrogens is 514 g/mol. The molecular formula is C30H25N3O7. The van der Waals surface area contributed by atoms with Gasteiger partial charge in [-0.15, -0.1) is 0 Å². The molecule has 40 heavy (non-hydrogen) atoms. The van der Waals surface area contributed by atoms with Crippen molar-refractivity contribution in [2.24, 2.45) is 0 Å². The summed E-state index contributed by atoms with van der Waals surface area (Å²) in [7, 11) is 2.98. The number of para-hydroxylation sites is 1. The number of fused-ring (bicyclic) bond motifs is 2. The van der Waals surface area contributed by atoms with E-state index in [0.717, 1.165) is 10.1 Å². The molecule has 3 aromatic carbocycles. The van der Waals surface area contributed by atoms with Crippen molar-refractivity contribution < 1.29 is 19.0 Å². The summed E-state index contributed by atoms with van der Waals surface area (Å²) >= 11 is 0. The number of rotatable bonds is 5. The zero-order chi connectivity index (χ0) is 28.1. The third-order valence-corrected chi connectivity index (χ3v) is 7.06. The second-order valence-electron chi connectivity index (χ2n) is 9.51. The van der Waals surface area contributed by atoms with Crippen LogP contribution < -0.4 is 26.3 Å². The van der Waals surface area contributed by atoms with Crippen molar-refractivity contribution >= 4 is 11.0 Å². The summed E-state index contributed by atoms with van der Waals surface area (Å²) in [6.07, 6.45) is 1.77. The maximum Gasteiger partial charge on any atom is 0.352 e. The Kier molecular flexibility index (Phi) is 5.95. The van der Waals surface area contributed by atoms with Crippen LogP contribution in [0.4, 0.5) is 0 Å².